The van der Waals surface area contributed by atoms with Crippen LogP contribution in [-0.4, -0.2) is 30.4 Å². The minimum atomic E-state index is -4.39. The van der Waals surface area contributed by atoms with E-state index >= 15 is 0 Å². The summed E-state index contributed by atoms with van der Waals surface area (Å²) in [6, 6.07) is 12.2. The molecule has 0 spiro atoms. The first-order valence-corrected chi connectivity index (χ1v) is 7.29. The highest BCUT2D eigenvalue weighted by Gasteiger charge is 2.28. The Kier molecular flexibility index (Phi) is 6.10. The molecule has 0 radical (unpaired) electrons. The number of benzene rings is 2. The molecule has 2 rings (SSSR count). The largest absolute Gasteiger partial charge is 0.504 e. The highest BCUT2D eigenvalue weighted by molar-refractivity contribution is 5.77. The molecule has 8 heteroatoms. The zero-order chi connectivity index (χ0) is 18.3. The number of halogens is 3. The topological polar surface area (TPSA) is 67.8 Å². The van der Waals surface area contributed by atoms with E-state index in [1.807, 2.05) is 0 Å². The third kappa shape index (κ3) is 6.62. The van der Waals surface area contributed by atoms with Gasteiger partial charge in [0.2, 0.25) is 0 Å². The zero-order valence-corrected chi connectivity index (χ0v) is 13.0. The maximum atomic E-state index is 12.1. The molecular formula is C17H16F3NO4. The average Bonchev–Trinajstić information content (AvgIpc) is 2.57. The fourth-order valence-electron chi connectivity index (χ4n) is 1.84. The summed E-state index contributed by atoms with van der Waals surface area (Å²) in [5, 5.41) is 12.1. The van der Waals surface area contributed by atoms with Gasteiger partial charge in [-0.05, 0) is 29.8 Å². The highest BCUT2D eigenvalue weighted by atomic mass is 19.4. The van der Waals surface area contributed by atoms with Crippen LogP contribution in [-0.2, 0) is 11.3 Å². The van der Waals surface area contributed by atoms with Gasteiger partial charge in [0, 0.05) is 6.54 Å². The van der Waals surface area contributed by atoms with Crippen molar-refractivity contribution >= 4 is 5.91 Å². The van der Waals surface area contributed by atoms with Crippen LogP contribution in [0.25, 0.3) is 0 Å². The normalized spacial score (nSPS) is 11.0. The van der Waals surface area contributed by atoms with E-state index in [0.717, 1.165) is 0 Å². The second-order valence-electron chi connectivity index (χ2n) is 5.08. The number of aromatic hydroxyl groups is 1. The number of phenols is 1. The number of phenolic OH excluding ortho intramolecular Hbond substituents is 1. The number of carbonyl (C=O) groups is 1. The Labute approximate surface area is 142 Å². The lowest BCUT2D eigenvalue weighted by molar-refractivity contribution is -0.153. The second kappa shape index (κ2) is 8.27. The lowest BCUT2D eigenvalue weighted by atomic mass is 10.2. The summed E-state index contributed by atoms with van der Waals surface area (Å²) in [4.78, 5) is 11.7. The maximum Gasteiger partial charge on any atom is 0.422 e. The number of nitrogens with one attached hydrogen (secondary N) is 1. The minimum Gasteiger partial charge on any atom is -0.504 e. The summed E-state index contributed by atoms with van der Waals surface area (Å²) in [6.45, 7) is -1.44. The van der Waals surface area contributed by atoms with Gasteiger partial charge in [0.1, 0.15) is 5.75 Å². The fourth-order valence-corrected chi connectivity index (χ4v) is 1.84. The van der Waals surface area contributed by atoms with Crippen molar-refractivity contribution in [2.75, 3.05) is 13.2 Å². The molecule has 0 aliphatic carbocycles. The highest BCUT2D eigenvalue weighted by Crippen LogP contribution is 2.24. The van der Waals surface area contributed by atoms with Crippen LogP contribution in [0.15, 0.2) is 48.5 Å². The Morgan fingerprint density at radius 2 is 1.72 bits per heavy atom. The van der Waals surface area contributed by atoms with Crippen LogP contribution in [0.2, 0.25) is 0 Å². The monoisotopic (exact) mass is 355 g/mol. The molecule has 0 saturated heterocycles. The van der Waals surface area contributed by atoms with Crippen LogP contribution in [0.4, 0.5) is 13.2 Å². The number of carbonyl (C=O) groups excluding carboxylic acids is 1. The molecule has 0 bridgehead atoms. The van der Waals surface area contributed by atoms with Crippen LogP contribution >= 0.6 is 0 Å². The molecule has 0 aliphatic rings. The van der Waals surface area contributed by atoms with Crippen molar-refractivity contribution < 1.29 is 32.5 Å². The first-order chi connectivity index (χ1) is 11.8. The molecule has 5 nitrogen and oxygen atoms in total. The molecule has 1 amide bonds. The smallest absolute Gasteiger partial charge is 0.422 e. The van der Waals surface area contributed by atoms with Crippen molar-refractivity contribution in [3.05, 3.63) is 54.1 Å². The van der Waals surface area contributed by atoms with Crippen molar-refractivity contribution in [2.45, 2.75) is 12.7 Å². The molecule has 0 fully saturated rings. The van der Waals surface area contributed by atoms with Crippen molar-refractivity contribution in [3.63, 3.8) is 0 Å². The van der Waals surface area contributed by atoms with E-state index in [9.17, 15) is 23.1 Å². The lowest BCUT2D eigenvalue weighted by Crippen LogP contribution is -2.28. The van der Waals surface area contributed by atoms with E-state index in [1.54, 1.807) is 24.3 Å². The van der Waals surface area contributed by atoms with Crippen molar-refractivity contribution in [1.82, 2.24) is 5.32 Å². The Balaban J connectivity index is 1.75. The first kappa shape index (κ1) is 18.4. The van der Waals surface area contributed by atoms with Crippen molar-refractivity contribution in [1.29, 1.82) is 0 Å². The van der Waals surface area contributed by atoms with Gasteiger partial charge in [-0.1, -0.05) is 24.3 Å². The van der Waals surface area contributed by atoms with Crippen LogP contribution < -0.4 is 14.8 Å². The molecule has 0 saturated carbocycles. The van der Waals surface area contributed by atoms with Gasteiger partial charge in [-0.2, -0.15) is 13.2 Å². The molecule has 0 aliphatic heterocycles. The van der Waals surface area contributed by atoms with Crippen LogP contribution in [0.5, 0.6) is 17.2 Å². The van der Waals surface area contributed by atoms with Gasteiger partial charge in [0.05, 0.1) is 0 Å². The fraction of sp³-hybridized carbons (Fsp3) is 0.235. The van der Waals surface area contributed by atoms with E-state index in [-0.39, 0.29) is 30.4 Å². The molecule has 0 unspecified atom stereocenters. The molecule has 134 valence electrons. The number of para-hydroxylation sites is 2. The van der Waals surface area contributed by atoms with E-state index in [4.69, 9.17) is 4.74 Å². The summed E-state index contributed by atoms with van der Waals surface area (Å²) in [6.07, 6.45) is -4.39. The number of hydrogen-bond acceptors (Lipinski definition) is 4. The molecular weight excluding hydrogens is 339 g/mol. The third-order valence-electron chi connectivity index (χ3n) is 3.04. The average molecular weight is 355 g/mol. The second-order valence-corrected chi connectivity index (χ2v) is 5.08. The molecule has 25 heavy (non-hydrogen) atoms. The van der Waals surface area contributed by atoms with Gasteiger partial charge < -0.3 is 19.9 Å². The molecule has 2 aromatic carbocycles. The van der Waals surface area contributed by atoms with Crippen molar-refractivity contribution in [3.8, 4) is 17.2 Å². The van der Waals surface area contributed by atoms with Gasteiger partial charge >= 0.3 is 6.18 Å². The van der Waals surface area contributed by atoms with Gasteiger partial charge in [-0.25, -0.2) is 0 Å². The summed E-state index contributed by atoms with van der Waals surface area (Å²) in [7, 11) is 0. The number of hydrogen-bond donors (Lipinski definition) is 2. The quantitative estimate of drug-likeness (QED) is 0.801. The molecule has 0 heterocycles. The Morgan fingerprint density at radius 3 is 2.36 bits per heavy atom. The maximum absolute atomic E-state index is 12.1. The standard InChI is InChI=1S/C17H16F3NO4/c18-17(19,20)11-25-13-7-5-12(6-8-13)9-21-16(23)10-24-15-4-2-1-3-14(15)22/h1-8,22H,9-11H2,(H,21,23). The van der Waals surface area contributed by atoms with E-state index < -0.39 is 18.7 Å². The first-order valence-electron chi connectivity index (χ1n) is 7.29. The molecule has 2 aromatic rings. The van der Waals surface area contributed by atoms with Crippen LogP contribution in [0, 0.1) is 0 Å². The van der Waals surface area contributed by atoms with Gasteiger partial charge in [-0.3, -0.25) is 4.79 Å². The predicted molar refractivity (Wildman–Crippen MR) is 83.4 cm³/mol. The van der Waals surface area contributed by atoms with Gasteiger partial charge in [-0.15, -0.1) is 0 Å². The number of rotatable bonds is 7. The SMILES string of the molecule is O=C(COc1ccccc1O)NCc1ccc(OCC(F)(F)F)cc1. The minimum absolute atomic E-state index is 0.0651. The lowest BCUT2D eigenvalue weighted by Gasteiger charge is -2.10. The zero-order valence-electron chi connectivity index (χ0n) is 13.0. The summed E-state index contributed by atoms with van der Waals surface area (Å²) in [5.74, 6) is -0.176. The Morgan fingerprint density at radius 1 is 1.04 bits per heavy atom. The van der Waals surface area contributed by atoms with Gasteiger partial charge in [0.15, 0.2) is 24.7 Å². The van der Waals surface area contributed by atoms with E-state index in [1.165, 1.54) is 24.3 Å². The molecule has 2 N–H and O–H groups in total. The third-order valence-corrected chi connectivity index (χ3v) is 3.04. The van der Waals surface area contributed by atoms with Crippen LogP contribution in [0.1, 0.15) is 5.56 Å². The molecule has 0 aromatic heterocycles. The number of amides is 1. The number of alkyl halides is 3. The van der Waals surface area contributed by atoms with Crippen LogP contribution in [0.3, 0.4) is 0 Å². The number of ether oxygens (including phenoxy) is 2. The summed E-state index contributed by atoms with van der Waals surface area (Å²) < 4.78 is 45.9. The van der Waals surface area contributed by atoms with Gasteiger partial charge in [0.25, 0.3) is 5.91 Å². The Hall–Kier alpha value is -2.90. The summed E-state index contributed by atoms with van der Waals surface area (Å²) >= 11 is 0. The predicted octanol–water partition coefficient (Wildman–Crippen LogP) is 3.03. The van der Waals surface area contributed by atoms with E-state index in [0.29, 0.717) is 5.56 Å². The van der Waals surface area contributed by atoms with E-state index in [2.05, 4.69) is 10.1 Å². The molecule has 0 atom stereocenters. The Bertz CT molecular complexity index is 702. The summed E-state index contributed by atoms with van der Waals surface area (Å²) in [5.41, 5.74) is 0.690. The van der Waals surface area contributed by atoms with Crippen molar-refractivity contribution in [2.24, 2.45) is 0 Å².